The van der Waals surface area contributed by atoms with E-state index in [-0.39, 0.29) is 6.03 Å². The Bertz CT molecular complexity index is 480. The second-order valence-electron chi connectivity index (χ2n) is 4.66. The van der Waals surface area contributed by atoms with Crippen LogP contribution in [0.5, 0.6) is 0 Å². The fraction of sp³-hybridized carbons (Fsp3) is 0.400. The topological polar surface area (TPSA) is 67.1 Å². The third-order valence-corrected chi connectivity index (χ3v) is 3.18. The van der Waals surface area contributed by atoms with Gasteiger partial charge in [-0.15, -0.1) is 0 Å². The first-order valence-electron chi connectivity index (χ1n) is 6.60. The van der Waals surface area contributed by atoms with E-state index in [9.17, 15) is 4.79 Å². The molecule has 0 bridgehead atoms. The summed E-state index contributed by atoms with van der Waals surface area (Å²) < 4.78 is 0. The number of hydrogen-bond acceptors (Lipinski definition) is 2. The zero-order chi connectivity index (χ0) is 13.5. The number of hydrogen-bond donors (Lipinski definition) is 3. The molecule has 0 aromatic heterocycles. The largest absolute Gasteiger partial charge is 0.335 e. The van der Waals surface area contributed by atoms with Gasteiger partial charge < -0.3 is 16.4 Å². The molecule has 1 aromatic rings. The van der Waals surface area contributed by atoms with Crippen molar-refractivity contribution in [1.82, 2.24) is 10.6 Å². The predicted molar refractivity (Wildman–Crippen MR) is 75.4 cm³/mol. The summed E-state index contributed by atoms with van der Waals surface area (Å²) in [6, 6.07) is 8.08. The molecule has 1 aromatic carbocycles. The number of nitrogens with two attached hydrogens (primary N) is 1. The molecule has 0 heterocycles. The van der Waals surface area contributed by atoms with E-state index in [0.29, 0.717) is 19.1 Å². The number of carbonyl (C=O) groups is 1. The van der Waals surface area contributed by atoms with Crippen molar-refractivity contribution in [2.45, 2.75) is 31.8 Å². The number of urea groups is 1. The third-order valence-electron chi connectivity index (χ3n) is 3.18. The normalized spacial score (nSPS) is 13.9. The van der Waals surface area contributed by atoms with E-state index < -0.39 is 0 Å². The second kappa shape index (κ2) is 6.81. The lowest BCUT2D eigenvalue weighted by Gasteiger charge is -2.26. The number of amides is 2. The van der Waals surface area contributed by atoms with Crippen molar-refractivity contribution in [2.75, 3.05) is 6.54 Å². The summed E-state index contributed by atoms with van der Waals surface area (Å²) in [6.07, 6.45) is 3.42. The lowest BCUT2D eigenvalue weighted by molar-refractivity contribution is 0.228. The summed E-state index contributed by atoms with van der Waals surface area (Å²) in [4.78, 5) is 11.6. The molecule has 1 aliphatic carbocycles. The minimum Gasteiger partial charge on any atom is -0.335 e. The van der Waals surface area contributed by atoms with E-state index in [1.807, 2.05) is 24.3 Å². The van der Waals surface area contributed by atoms with E-state index in [0.717, 1.165) is 24.0 Å². The third kappa shape index (κ3) is 4.31. The molecule has 0 spiro atoms. The Kier molecular flexibility index (Phi) is 4.82. The molecule has 1 saturated carbocycles. The number of rotatable bonds is 3. The van der Waals surface area contributed by atoms with Crippen molar-refractivity contribution in [3.8, 4) is 11.8 Å². The molecule has 1 fully saturated rings. The van der Waals surface area contributed by atoms with Gasteiger partial charge in [0, 0.05) is 18.2 Å². The second-order valence-corrected chi connectivity index (χ2v) is 4.66. The lowest BCUT2D eigenvalue weighted by atomic mass is 9.93. The van der Waals surface area contributed by atoms with E-state index in [1.54, 1.807) is 0 Å². The van der Waals surface area contributed by atoms with Crippen molar-refractivity contribution >= 4 is 6.03 Å². The highest BCUT2D eigenvalue weighted by atomic mass is 16.2. The Morgan fingerprint density at radius 1 is 1.32 bits per heavy atom. The zero-order valence-electron chi connectivity index (χ0n) is 10.9. The highest BCUT2D eigenvalue weighted by molar-refractivity contribution is 5.74. The molecular formula is C15H19N3O. The number of nitrogens with one attached hydrogen (secondary N) is 2. The van der Waals surface area contributed by atoms with Gasteiger partial charge in [-0.2, -0.15) is 0 Å². The monoisotopic (exact) mass is 257 g/mol. The summed E-state index contributed by atoms with van der Waals surface area (Å²) in [5.74, 6) is 5.77. The molecule has 4 nitrogen and oxygen atoms in total. The maximum Gasteiger partial charge on any atom is 0.315 e. The standard InChI is InChI=1S/C15H19N3O/c16-10-2-3-12-6-8-13(9-7-12)11-17-15(19)18-14-4-1-5-14/h6-9,14H,1,4-5,10-11,16H2,(H2,17,18,19). The lowest BCUT2D eigenvalue weighted by Crippen LogP contribution is -2.44. The Hall–Kier alpha value is -1.99. The fourth-order valence-corrected chi connectivity index (χ4v) is 1.83. The molecule has 2 amide bonds. The molecule has 0 saturated heterocycles. The maximum absolute atomic E-state index is 11.6. The van der Waals surface area contributed by atoms with Gasteiger partial charge in [0.05, 0.1) is 6.54 Å². The minimum atomic E-state index is -0.0864. The summed E-state index contributed by atoms with van der Waals surface area (Å²) in [7, 11) is 0. The van der Waals surface area contributed by atoms with E-state index in [2.05, 4.69) is 22.5 Å². The Morgan fingerprint density at radius 3 is 2.63 bits per heavy atom. The first-order chi connectivity index (χ1) is 9.28. The van der Waals surface area contributed by atoms with Crippen LogP contribution < -0.4 is 16.4 Å². The Morgan fingerprint density at radius 2 is 2.05 bits per heavy atom. The maximum atomic E-state index is 11.6. The van der Waals surface area contributed by atoms with Crippen LogP contribution in [0, 0.1) is 11.8 Å². The zero-order valence-corrected chi connectivity index (χ0v) is 10.9. The average molecular weight is 257 g/mol. The van der Waals surface area contributed by atoms with Crippen LogP contribution in [-0.4, -0.2) is 18.6 Å². The van der Waals surface area contributed by atoms with Crippen LogP contribution in [0.25, 0.3) is 0 Å². The van der Waals surface area contributed by atoms with Crippen molar-refractivity contribution in [1.29, 1.82) is 0 Å². The molecule has 1 aliphatic rings. The van der Waals surface area contributed by atoms with Crippen LogP contribution in [0.3, 0.4) is 0 Å². The molecular weight excluding hydrogens is 238 g/mol. The smallest absolute Gasteiger partial charge is 0.315 e. The summed E-state index contributed by atoms with van der Waals surface area (Å²) in [5, 5.41) is 5.79. The van der Waals surface area contributed by atoms with Crippen LogP contribution in [0.15, 0.2) is 24.3 Å². The van der Waals surface area contributed by atoms with Gasteiger partial charge in [-0.1, -0.05) is 24.0 Å². The molecule has 0 unspecified atom stereocenters. The van der Waals surface area contributed by atoms with Gasteiger partial charge in [-0.05, 0) is 37.0 Å². The first kappa shape index (κ1) is 13.4. The van der Waals surface area contributed by atoms with E-state index >= 15 is 0 Å². The SMILES string of the molecule is NCC#Cc1ccc(CNC(=O)NC2CCC2)cc1. The van der Waals surface area contributed by atoms with Gasteiger partial charge in [0.1, 0.15) is 0 Å². The molecule has 19 heavy (non-hydrogen) atoms. The van der Waals surface area contributed by atoms with Crippen molar-refractivity contribution < 1.29 is 4.79 Å². The Balaban J connectivity index is 1.77. The summed E-state index contributed by atoms with van der Waals surface area (Å²) in [5.41, 5.74) is 7.31. The van der Waals surface area contributed by atoms with Crippen LogP contribution in [0.1, 0.15) is 30.4 Å². The van der Waals surface area contributed by atoms with Crippen LogP contribution in [0.4, 0.5) is 4.79 Å². The molecule has 0 radical (unpaired) electrons. The van der Waals surface area contributed by atoms with Crippen molar-refractivity contribution in [3.63, 3.8) is 0 Å². The predicted octanol–water partition coefficient (Wildman–Crippen LogP) is 1.35. The number of carbonyl (C=O) groups excluding carboxylic acids is 1. The molecule has 2 rings (SSSR count). The van der Waals surface area contributed by atoms with Crippen molar-refractivity contribution in [3.05, 3.63) is 35.4 Å². The van der Waals surface area contributed by atoms with E-state index in [1.165, 1.54) is 6.42 Å². The van der Waals surface area contributed by atoms with Crippen LogP contribution >= 0.6 is 0 Å². The van der Waals surface area contributed by atoms with Gasteiger partial charge in [0.15, 0.2) is 0 Å². The van der Waals surface area contributed by atoms with Gasteiger partial charge in [-0.3, -0.25) is 0 Å². The highest BCUT2D eigenvalue weighted by Crippen LogP contribution is 2.17. The fourth-order valence-electron chi connectivity index (χ4n) is 1.83. The molecule has 0 aliphatic heterocycles. The number of benzene rings is 1. The van der Waals surface area contributed by atoms with Gasteiger partial charge in [0.2, 0.25) is 0 Å². The highest BCUT2D eigenvalue weighted by Gasteiger charge is 2.18. The van der Waals surface area contributed by atoms with Crippen LogP contribution in [-0.2, 0) is 6.54 Å². The summed E-state index contributed by atoms with van der Waals surface area (Å²) >= 11 is 0. The minimum absolute atomic E-state index is 0.0864. The van der Waals surface area contributed by atoms with Crippen molar-refractivity contribution in [2.24, 2.45) is 5.73 Å². The molecule has 4 heteroatoms. The Labute approximate surface area is 113 Å². The summed E-state index contributed by atoms with van der Waals surface area (Å²) in [6.45, 7) is 0.897. The first-order valence-corrected chi connectivity index (χ1v) is 6.60. The molecule has 0 atom stereocenters. The molecule has 100 valence electrons. The quantitative estimate of drug-likeness (QED) is 0.715. The van der Waals surface area contributed by atoms with Gasteiger partial charge >= 0.3 is 6.03 Å². The van der Waals surface area contributed by atoms with Gasteiger partial charge in [0.25, 0.3) is 0 Å². The van der Waals surface area contributed by atoms with Gasteiger partial charge in [-0.25, -0.2) is 4.79 Å². The van der Waals surface area contributed by atoms with E-state index in [4.69, 9.17) is 5.73 Å². The molecule has 4 N–H and O–H groups in total. The van der Waals surface area contributed by atoms with Crippen LogP contribution in [0.2, 0.25) is 0 Å². The average Bonchev–Trinajstić information content (AvgIpc) is 2.39.